The van der Waals surface area contributed by atoms with Crippen molar-refractivity contribution in [2.45, 2.75) is 0 Å². The van der Waals surface area contributed by atoms with Gasteiger partial charge in [0.2, 0.25) is 23.7 Å². The first-order valence-electron chi connectivity index (χ1n) is 6.75. The first kappa shape index (κ1) is 12.8. The molecule has 0 spiro atoms. The van der Waals surface area contributed by atoms with E-state index in [4.69, 9.17) is 14.2 Å². The van der Waals surface area contributed by atoms with Crippen molar-refractivity contribution < 1.29 is 19.3 Å². The van der Waals surface area contributed by atoms with Gasteiger partial charge in [-0.25, -0.2) is 0 Å². The zero-order chi connectivity index (χ0) is 15.4. The van der Waals surface area contributed by atoms with Gasteiger partial charge < -0.3 is 23.9 Å². The molecule has 0 amide bonds. The quantitative estimate of drug-likeness (QED) is 0.697. The number of phenols is 1. The van der Waals surface area contributed by atoms with Gasteiger partial charge in [-0.1, -0.05) is 12.1 Å². The van der Waals surface area contributed by atoms with Crippen LogP contribution in [0.2, 0.25) is 0 Å². The monoisotopic (exact) mass is 299 g/mol. The average molecular weight is 299 g/mol. The van der Waals surface area contributed by atoms with Crippen molar-refractivity contribution >= 4 is 21.8 Å². The second-order valence-electron chi connectivity index (χ2n) is 5.08. The fourth-order valence-corrected chi connectivity index (χ4v) is 3.01. The summed E-state index contributed by atoms with van der Waals surface area (Å²) in [6.45, 7) is -0.0208. The maximum atomic E-state index is 12.8. The molecule has 1 aromatic heterocycles. The van der Waals surface area contributed by atoms with E-state index in [-0.39, 0.29) is 29.1 Å². The number of nitrogens with zero attached hydrogens (tertiary/aromatic N) is 1. The number of hydrogen-bond acceptors (Lipinski definition) is 5. The molecule has 1 N–H and O–H groups in total. The summed E-state index contributed by atoms with van der Waals surface area (Å²) in [5.41, 5.74) is 0.960. The van der Waals surface area contributed by atoms with Crippen molar-refractivity contribution in [3.63, 3.8) is 0 Å². The Balaban J connectivity index is 2.37. The summed E-state index contributed by atoms with van der Waals surface area (Å²) in [5, 5.41) is 11.2. The average Bonchev–Trinajstić information content (AvgIpc) is 3.02. The fraction of sp³-hybridized carbons (Fsp3) is 0.188. The number of aryl methyl sites for hydroxylation is 1. The van der Waals surface area contributed by atoms with E-state index < -0.39 is 0 Å². The number of pyridine rings is 1. The minimum absolute atomic E-state index is 0.0208. The lowest BCUT2D eigenvalue weighted by Gasteiger charge is -2.16. The van der Waals surface area contributed by atoms with Crippen LogP contribution >= 0.6 is 0 Å². The van der Waals surface area contributed by atoms with Crippen LogP contribution in [0.1, 0.15) is 0 Å². The van der Waals surface area contributed by atoms with Gasteiger partial charge in [-0.3, -0.25) is 4.79 Å². The molecule has 0 atom stereocenters. The van der Waals surface area contributed by atoms with E-state index in [1.807, 2.05) is 23.7 Å². The van der Waals surface area contributed by atoms with Gasteiger partial charge in [0.15, 0.2) is 11.5 Å². The Kier molecular flexibility index (Phi) is 2.51. The normalized spacial score (nSPS) is 13.0. The fourth-order valence-electron chi connectivity index (χ4n) is 3.01. The molecule has 0 fully saturated rings. The number of hydrogen-bond donors (Lipinski definition) is 1. The van der Waals surface area contributed by atoms with E-state index in [9.17, 15) is 9.90 Å². The topological polar surface area (TPSA) is 69.9 Å². The van der Waals surface area contributed by atoms with Gasteiger partial charge in [0.05, 0.1) is 18.0 Å². The number of phenolic OH excluding ortho intramolecular Hbond substituents is 1. The molecular weight excluding hydrogens is 286 g/mol. The number of fused-ring (bicyclic) bond motifs is 3. The summed E-state index contributed by atoms with van der Waals surface area (Å²) < 4.78 is 17.9. The van der Waals surface area contributed by atoms with Gasteiger partial charge in [-0.2, -0.15) is 0 Å². The predicted octanol–water partition coefficient (Wildman–Crippen LogP) is 2.13. The molecule has 2 heterocycles. The lowest BCUT2D eigenvalue weighted by atomic mass is 10.1. The third-order valence-electron chi connectivity index (χ3n) is 4.00. The summed E-state index contributed by atoms with van der Waals surface area (Å²) in [7, 11) is 3.31. The van der Waals surface area contributed by atoms with Gasteiger partial charge in [-0.15, -0.1) is 0 Å². The van der Waals surface area contributed by atoms with Crippen molar-refractivity contribution in [3.8, 4) is 23.0 Å². The molecule has 6 nitrogen and oxygen atoms in total. The predicted molar refractivity (Wildman–Crippen MR) is 81.0 cm³/mol. The van der Waals surface area contributed by atoms with E-state index in [1.165, 1.54) is 7.11 Å². The van der Waals surface area contributed by atoms with Crippen LogP contribution in [0.25, 0.3) is 21.8 Å². The molecule has 0 radical (unpaired) electrons. The molecule has 1 aliphatic rings. The molecular formula is C16H13NO5. The first-order valence-corrected chi connectivity index (χ1v) is 6.75. The Morgan fingerprint density at radius 2 is 1.95 bits per heavy atom. The smallest absolute Gasteiger partial charge is 0.231 e. The van der Waals surface area contributed by atoms with Crippen LogP contribution in [0.4, 0.5) is 0 Å². The summed E-state index contributed by atoms with van der Waals surface area (Å²) in [6, 6.07) is 7.22. The molecule has 0 saturated heterocycles. The molecule has 4 rings (SSSR count). The number of rotatable bonds is 1. The minimum atomic E-state index is -0.266. The summed E-state index contributed by atoms with van der Waals surface area (Å²) in [5.74, 6) is 0.634. The Morgan fingerprint density at radius 3 is 2.73 bits per heavy atom. The van der Waals surface area contributed by atoms with Gasteiger partial charge in [0.1, 0.15) is 5.52 Å². The molecule has 22 heavy (non-hydrogen) atoms. The zero-order valence-corrected chi connectivity index (χ0v) is 12.0. The molecule has 0 bridgehead atoms. The summed E-state index contributed by atoms with van der Waals surface area (Å²) >= 11 is 0. The van der Waals surface area contributed by atoms with Crippen LogP contribution in [0.15, 0.2) is 29.1 Å². The Labute approximate surface area is 125 Å². The second-order valence-corrected chi connectivity index (χ2v) is 5.08. The minimum Gasteiger partial charge on any atom is -0.504 e. The van der Waals surface area contributed by atoms with E-state index in [0.29, 0.717) is 22.4 Å². The molecule has 0 saturated carbocycles. The third kappa shape index (κ3) is 1.41. The first-order chi connectivity index (χ1) is 10.6. The van der Waals surface area contributed by atoms with Gasteiger partial charge in [0.25, 0.3) is 0 Å². The lowest BCUT2D eigenvalue weighted by Crippen LogP contribution is -2.10. The van der Waals surface area contributed by atoms with Crippen LogP contribution in [0, 0.1) is 0 Å². The number of methoxy groups -OCH3 is 1. The van der Waals surface area contributed by atoms with E-state index in [1.54, 1.807) is 12.1 Å². The van der Waals surface area contributed by atoms with E-state index in [0.717, 1.165) is 5.52 Å². The molecule has 0 unspecified atom stereocenters. The Hall–Kier alpha value is -2.89. The SMILES string of the molecule is COc1c2c(c(O)c3c(=O)c4ccccc4n(C)c13)OCO2. The van der Waals surface area contributed by atoms with Gasteiger partial charge >= 0.3 is 0 Å². The molecule has 0 aliphatic carbocycles. The highest BCUT2D eigenvalue weighted by atomic mass is 16.7. The number of ether oxygens (including phenoxy) is 3. The number of para-hydroxylation sites is 1. The third-order valence-corrected chi connectivity index (χ3v) is 4.00. The van der Waals surface area contributed by atoms with Crippen LogP contribution in [-0.4, -0.2) is 23.6 Å². The second kappa shape index (κ2) is 4.30. The maximum absolute atomic E-state index is 12.8. The van der Waals surface area contributed by atoms with Crippen molar-refractivity contribution in [3.05, 3.63) is 34.5 Å². The summed E-state index contributed by atoms with van der Waals surface area (Å²) in [6.07, 6.45) is 0. The van der Waals surface area contributed by atoms with Crippen molar-refractivity contribution in [2.24, 2.45) is 7.05 Å². The maximum Gasteiger partial charge on any atom is 0.231 e. The number of aromatic nitrogens is 1. The molecule has 6 heteroatoms. The largest absolute Gasteiger partial charge is 0.504 e. The van der Waals surface area contributed by atoms with Crippen LogP contribution in [-0.2, 0) is 7.05 Å². The molecule has 1 aliphatic heterocycles. The lowest BCUT2D eigenvalue weighted by molar-refractivity contribution is 0.169. The van der Waals surface area contributed by atoms with Crippen molar-refractivity contribution in [1.29, 1.82) is 0 Å². The molecule has 3 aromatic rings. The number of benzene rings is 2. The van der Waals surface area contributed by atoms with E-state index in [2.05, 4.69) is 0 Å². The van der Waals surface area contributed by atoms with Gasteiger partial charge in [0, 0.05) is 12.4 Å². The highest BCUT2D eigenvalue weighted by Gasteiger charge is 2.30. The zero-order valence-electron chi connectivity index (χ0n) is 12.0. The molecule has 2 aromatic carbocycles. The van der Waals surface area contributed by atoms with Crippen molar-refractivity contribution in [2.75, 3.05) is 13.9 Å². The van der Waals surface area contributed by atoms with Crippen LogP contribution in [0.3, 0.4) is 0 Å². The molecule has 112 valence electrons. The van der Waals surface area contributed by atoms with Crippen LogP contribution in [0.5, 0.6) is 23.0 Å². The highest BCUT2D eigenvalue weighted by molar-refractivity contribution is 6.02. The van der Waals surface area contributed by atoms with Gasteiger partial charge in [-0.05, 0) is 12.1 Å². The Morgan fingerprint density at radius 1 is 1.23 bits per heavy atom. The standard InChI is InChI=1S/C16H13NO5/c1-17-9-6-4-3-5-8(9)12(18)10-11(17)14(20-2)16-15(13(10)19)21-7-22-16/h3-6,19H,7H2,1-2H3. The van der Waals surface area contributed by atoms with Crippen LogP contribution < -0.4 is 19.6 Å². The highest BCUT2D eigenvalue weighted by Crippen LogP contribution is 2.52. The number of aromatic hydroxyl groups is 1. The van der Waals surface area contributed by atoms with Crippen molar-refractivity contribution in [1.82, 2.24) is 4.57 Å². The Bertz CT molecular complexity index is 990. The van der Waals surface area contributed by atoms with E-state index >= 15 is 0 Å². The summed E-state index contributed by atoms with van der Waals surface area (Å²) in [4.78, 5) is 12.8.